The molecule has 0 bridgehead atoms. The van der Waals surface area contributed by atoms with E-state index in [1.807, 2.05) is 28.7 Å². The van der Waals surface area contributed by atoms with Gasteiger partial charge >= 0.3 is 5.97 Å². The predicted octanol–water partition coefficient (Wildman–Crippen LogP) is 1.97. The fourth-order valence-electron chi connectivity index (χ4n) is 1.25. The molecule has 84 valence electrons. The van der Waals surface area contributed by atoms with Gasteiger partial charge in [-0.05, 0) is 47.2 Å². The average molecular weight is 331 g/mol. The van der Waals surface area contributed by atoms with Crippen molar-refractivity contribution in [3.8, 4) is 11.8 Å². The van der Waals surface area contributed by atoms with Gasteiger partial charge in [0.15, 0.2) is 0 Å². The summed E-state index contributed by atoms with van der Waals surface area (Å²) in [5, 5.41) is 18.2. The first-order valence-electron chi connectivity index (χ1n) is 4.65. The normalized spacial score (nSPS) is 9.56. The molecule has 0 atom stereocenters. The number of hydrogen-bond donors (Lipinski definition) is 1. The second kappa shape index (κ2) is 5.70. The van der Waals surface area contributed by atoms with Gasteiger partial charge in [-0.15, -0.1) is 0 Å². The number of phenols is 1. The van der Waals surface area contributed by atoms with E-state index in [1.54, 1.807) is 6.92 Å². The van der Waals surface area contributed by atoms with E-state index < -0.39 is 0 Å². The monoisotopic (exact) mass is 331 g/mol. The zero-order chi connectivity index (χ0) is 12.1. The van der Waals surface area contributed by atoms with Gasteiger partial charge in [0.05, 0.1) is 18.6 Å². The number of halogens is 1. The second-order valence-corrected chi connectivity index (χ2v) is 4.14. The smallest absolute Gasteiger partial charge is 0.310 e. The highest BCUT2D eigenvalue weighted by molar-refractivity contribution is 14.1. The molecule has 16 heavy (non-hydrogen) atoms. The number of ether oxygens (including phenoxy) is 1. The third-order valence-corrected chi connectivity index (χ3v) is 3.17. The topological polar surface area (TPSA) is 70.3 Å². The van der Waals surface area contributed by atoms with E-state index in [0.717, 1.165) is 0 Å². The molecule has 0 unspecified atom stereocenters. The summed E-state index contributed by atoms with van der Waals surface area (Å²) in [6.07, 6.45) is 0.0647. The molecule has 0 radical (unpaired) electrons. The fraction of sp³-hybridized carbons (Fsp3) is 0.273. The molecular formula is C11H10INO3. The molecule has 0 aliphatic carbocycles. The summed E-state index contributed by atoms with van der Waals surface area (Å²) in [6, 6.07) is 4.81. The van der Waals surface area contributed by atoms with Crippen LogP contribution in [0.1, 0.15) is 18.1 Å². The molecule has 0 spiro atoms. The van der Waals surface area contributed by atoms with E-state index in [9.17, 15) is 9.90 Å². The molecule has 0 aromatic heterocycles. The molecular weight excluding hydrogens is 321 g/mol. The highest BCUT2D eigenvalue weighted by Crippen LogP contribution is 2.23. The fourth-order valence-corrected chi connectivity index (χ4v) is 1.87. The van der Waals surface area contributed by atoms with Crippen LogP contribution in [0.5, 0.6) is 5.75 Å². The lowest BCUT2D eigenvalue weighted by Crippen LogP contribution is -2.09. The number of rotatable bonds is 3. The molecule has 1 rings (SSSR count). The number of nitriles is 1. The van der Waals surface area contributed by atoms with Crippen molar-refractivity contribution in [2.45, 2.75) is 13.3 Å². The van der Waals surface area contributed by atoms with Gasteiger partial charge in [0, 0.05) is 3.57 Å². The number of aromatic hydroxyl groups is 1. The van der Waals surface area contributed by atoms with Gasteiger partial charge in [-0.1, -0.05) is 0 Å². The third kappa shape index (κ3) is 3.10. The van der Waals surface area contributed by atoms with E-state index in [-0.39, 0.29) is 18.1 Å². The van der Waals surface area contributed by atoms with Gasteiger partial charge in [-0.25, -0.2) is 0 Å². The quantitative estimate of drug-likeness (QED) is 0.679. The maximum atomic E-state index is 11.3. The van der Waals surface area contributed by atoms with Crippen LogP contribution in [0.4, 0.5) is 0 Å². The summed E-state index contributed by atoms with van der Waals surface area (Å²) in [4.78, 5) is 11.3. The number of esters is 1. The van der Waals surface area contributed by atoms with Crippen LogP contribution < -0.4 is 0 Å². The van der Waals surface area contributed by atoms with E-state index in [2.05, 4.69) is 0 Å². The summed E-state index contributed by atoms with van der Waals surface area (Å²) < 4.78 is 5.48. The number of nitrogens with zero attached hydrogens (tertiary/aromatic N) is 1. The Hall–Kier alpha value is -1.29. The van der Waals surface area contributed by atoms with Gasteiger partial charge in [0.2, 0.25) is 0 Å². The molecule has 0 aliphatic rings. The lowest BCUT2D eigenvalue weighted by molar-refractivity contribution is -0.142. The molecule has 1 aromatic carbocycles. The molecule has 0 amide bonds. The second-order valence-electron chi connectivity index (χ2n) is 3.06. The Morgan fingerprint density at radius 1 is 1.62 bits per heavy atom. The van der Waals surface area contributed by atoms with Crippen LogP contribution >= 0.6 is 22.6 Å². The SMILES string of the molecule is CCOC(=O)Cc1cc(O)cc(C#N)c1I. The molecule has 0 saturated carbocycles. The van der Waals surface area contributed by atoms with E-state index >= 15 is 0 Å². The number of carbonyl (C=O) groups is 1. The zero-order valence-corrected chi connectivity index (χ0v) is 10.8. The first-order valence-corrected chi connectivity index (χ1v) is 5.73. The van der Waals surface area contributed by atoms with Gasteiger partial charge in [0.25, 0.3) is 0 Å². The highest BCUT2D eigenvalue weighted by Gasteiger charge is 2.12. The van der Waals surface area contributed by atoms with Crippen LogP contribution in [0, 0.1) is 14.9 Å². The molecule has 1 N–H and O–H groups in total. The molecule has 0 heterocycles. The summed E-state index contributed by atoms with van der Waals surface area (Å²) >= 11 is 1.98. The Bertz CT molecular complexity index is 451. The average Bonchev–Trinajstić information content (AvgIpc) is 2.23. The Balaban J connectivity index is 3.01. The Kier molecular flexibility index (Phi) is 4.55. The van der Waals surface area contributed by atoms with Crippen LogP contribution in [0.2, 0.25) is 0 Å². The van der Waals surface area contributed by atoms with Crippen LogP contribution in [0.3, 0.4) is 0 Å². The largest absolute Gasteiger partial charge is 0.508 e. The highest BCUT2D eigenvalue weighted by atomic mass is 127. The molecule has 4 nitrogen and oxygen atoms in total. The predicted molar refractivity (Wildman–Crippen MR) is 65.9 cm³/mol. The Labute approximate surface area is 107 Å². The first-order chi connectivity index (χ1) is 7.58. The number of phenolic OH excluding ortho intramolecular Hbond substituents is 1. The number of hydrogen-bond acceptors (Lipinski definition) is 4. The van der Waals surface area contributed by atoms with Gasteiger partial charge in [0.1, 0.15) is 11.8 Å². The molecule has 5 heteroatoms. The van der Waals surface area contributed by atoms with Crippen molar-refractivity contribution in [1.82, 2.24) is 0 Å². The van der Waals surface area contributed by atoms with Crippen molar-refractivity contribution in [1.29, 1.82) is 5.26 Å². The van der Waals surface area contributed by atoms with Crippen LogP contribution in [0.15, 0.2) is 12.1 Å². The summed E-state index contributed by atoms with van der Waals surface area (Å²) in [5.41, 5.74) is 0.968. The third-order valence-electron chi connectivity index (χ3n) is 1.89. The van der Waals surface area contributed by atoms with Crippen molar-refractivity contribution in [3.63, 3.8) is 0 Å². The van der Waals surface area contributed by atoms with Crippen molar-refractivity contribution in [2.75, 3.05) is 6.61 Å². The summed E-state index contributed by atoms with van der Waals surface area (Å²) in [5.74, 6) is -0.383. The number of benzene rings is 1. The van der Waals surface area contributed by atoms with Crippen LogP contribution in [-0.4, -0.2) is 17.7 Å². The maximum absolute atomic E-state index is 11.3. The first kappa shape index (κ1) is 12.8. The van der Waals surface area contributed by atoms with Crippen molar-refractivity contribution in [3.05, 3.63) is 26.8 Å². The minimum Gasteiger partial charge on any atom is -0.508 e. The van der Waals surface area contributed by atoms with Gasteiger partial charge in [-0.3, -0.25) is 4.79 Å². The Morgan fingerprint density at radius 2 is 2.31 bits per heavy atom. The standard InChI is InChI=1S/C11H10INO3/c1-2-16-10(15)5-7-3-9(14)4-8(6-13)11(7)12/h3-4,14H,2,5H2,1H3. The zero-order valence-electron chi connectivity index (χ0n) is 8.66. The molecule has 1 aromatic rings. The van der Waals surface area contributed by atoms with Gasteiger partial charge < -0.3 is 9.84 Å². The van der Waals surface area contributed by atoms with Gasteiger partial charge in [-0.2, -0.15) is 5.26 Å². The number of carbonyl (C=O) groups excluding carboxylic acids is 1. The maximum Gasteiger partial charge on any atom is 0.310 e. The molecule has 0 saturated heterocycles. The van der Waals surface area contributed by atoms with Crippen LogP contribution in [-0.2, 0) is 16.0 Å². The van der Waals surface area contributed by atoms with E-state index in [0.29, 0.717) is 21.3 Å². The van der Waals surface area contributed by atoms with Crippen molar-refractivity contribution in [2.24, 2.45) is 0 Å². The summed E-state index contributed by atoms with van der Waals surface area (Å²) in [6.45, 7) is 2.05. The summed E-state index contributed by atoms with van der Waals surface area (Å²) in [7, 11) is 0. The Morgan fingerprint density at radius 3 is 2.88 bits per heavy atom. The lowest BCUT2D eigenvalue weighted by atomic mass is 10.1. The van der Waals surface area contributed by atoms with Crippen LogP contribution in [0.25, 0.3) is 0 Å². The van der Waals surface area contributed by atoms with E-state index in [1.165, 1.54) is 12.1 Å². The molecule has 0 fully saturated rings. The molecule has 0 aliphatic heterocycles. The lowest BCUT2D eigenvalue weighted by Gasteiger charge is -2.06. The minimum absolute atomic E-state index is 0.0173. The van der Waals surface area contributed by atoms with Crippen molar-refractivity contribution >= 4 is 28.6 Å². The minimum atomic E-state index is -0.366. The van der Waals surface area contributed by atoms with Crippen molar-refractivity contribution < 1.29 is 14.6 Å². The van der Waals surface area contributed by atoms with E-state index in [4.69, 9.17) is 10.00 Å².